The molecule has 0 fully saturated rings. The lowest BCUT2D eigenvalue weighted by molar-refractivity contribution is -0.385. The lowest BCUT2D eigenvalue weighted by Crippen LogP contribution is -2.23. The molecule has 0 spiro atoms. The molecular weight excluding hydrogens is 310 g/mol. The zero-order valence-corrected chi connectivity index (χ0v) is 12.8. The minimum absolute atomic E-state index is 0.0821. The summed E-state index contributed by atoms with van der Waals surface area (Å²) in [6, 6.07) is 3.94. The smallest absolute Gasteiger partial charge is 0.313 e. The summed E-state index contributed by atoms with van der Waals surface area (Å²) < 4.78 is 6.79. The Kier molecular flexibility index (Phi) is 4.77. The van der Waals surface area contributed by atoms with Gasteiger partial charge in [0, 0.05) is 30.0 Å². The fraction of sp³-hybridized carbons (Fsp3) is 0.286. The standard InChI is InChI=1S/C14H14ClN3O4/c1-9(2)8-17-6-5-16-13(14(17)19)22-12-4-3-10(15)7-11(12)18(20)21/h3-7,9H,8H2,1-2H3. The molecule has 1 aromatic carbocycles. The Morgan fingerprint density at radius 3 is 2.82 bits per heavy atom. The molecule has 0 saturated heterocycles. The first-order valence-electron chi connectivity index (χ1n) is 6.55. The number of hydrogen-bond donors (Lipinski definition) is 0. The summed E-state index contributed by atoms with van der Waals surface area (Å²) in [5, 5.41) is 11.2. The van der Waals surface area contributed by atoms with Gasteiger partial charge < -0.3 is 9.30 Å². The predicted molar refractivity (Wildman–Crippen MR) is 81.5 cm³/mol. The molecule has 2 rings (SSSR count). The van der Waals surface area contributed by atoms with Crippen LogP contribution in [0.25, 0.3) is 0 Å². The summed E-state index contributed by atoms with van der Waals surface area (Å²) >= 11 is 5.74. The maximum absolute atomic E-state index is 12.2. The van der Waals surface area contributed by atoms with E-state index in [4.69, 9.17) is 16.3 Å². The van der Waals surface area contributed by atoms with Crippen LogP contribution < -0.4 is 10.3 Å². The summed E-state index contributed by atoms with van der Waals surface area (Å²) in [6.45, 7) is 4.44. The first-order valence-corrected chi connectivity index (χ1v) is 6.93. The highest BCUT2D eigenvalue weighted by molar-refractivity contribution is 6.30. The normalized spacial score (nSPS) is 10.7. The van der Waals surface area contributed by atoms with E-state index in [9.17, 15) is 14.9 Å². The van der Waals surface area contributed by atoms with Crippen LogP contribution in [0.15, 0.2) is 35.4 Å². The molecule has 0 N–H and O–H groups in total. The second-order valence-corrected chi connectivity index (χ2v) is 5.49. The maximum Gasteiger partial charge on any atom is 0.313 e. The van der Waals surface area contributed by atoms with Gasteiger partial charge in [0.25, 0.3) is 5.88 Å². The number of aromatic nitrogens is 2. The van der Waals surface area contributed by atoms with Crippen molar-refractivity contribution in [2.24, 2.45) is 5.92 Å². The minimum Gasteiger partial charge on any atom is -0.427 e. The Bertz CT molecular complexity index is 758. The van der Waals surface area contributed by atoms with Crippen LogP contribution in [-0.4, -0.2) is 14.5 Å². The van der Waals surface area contributed by atoms with Crippen LogP contribution >= 0.6 is 11.6 Å². The van der Waals surface area contributed by atoms with Crippen LogP contribution in [0.3, 0.4) is 0 Å². The van der Waals surface area contributed by atoms with E-state index in [1.54, 1.807) is 6.20 Å². The molecule has 8 heteroatoms. The summed E-state index contributed by atoms with van der Waals surface area (Å²) in [5.74, 6) is -0.0345. The van der Waals surface area contributed by atoms with Crippen LogP contribution in [0.1, 0.15) is 13.8 Å². The SMILES string of the molecule is CC(C)Cn1ccnc(Oc2ccc(Cl)cc2[N+](=O)[O-])c1=O. The zero-order valence-electron chi connectivity index (χ0n) is 12.0. The number of ether oxygens (including phenoxy) is 1. The Balaban J connectivity index is 2.40. The van der Waals surface area contributed by atoms with Gasteiger partial charge in [0.05, 0.1) is 4.92 Å². The van der Waals surface area contributed by atoms with E-state index in [1.165, 1.54) is 22.9 Å². The molecule has 0 aliphatic rings. The lowest BCUT2D eigenvalue weighted by atomic mass is 10.2. The summed E-state index contributed by atoms with van der Waals surface area (Å²) in [7, 11) is 0. The van der Waals surface area contributed by atoms with Crippen molar-refractivity contribution in [3.63, 3.8) is 0 Å². The largest absolute Gasteiger partial charge is 0.427 e. The number of nitro benzene ring substituents is 1. The summed E-state index contributed by atoms with van der Waals surface area (Å²) in [4.78, 5) is 26.5. The highest BCUT2D eigenvalue weighted by Gasteiger charge is 2.18. The maximum atomic E-state index is 12.2. The Hall–Kier alpha value is -2.41. The van der Waals surface area contributed by atoms with Gasteiger partial charge in [0.1, 0.15) is 0 Å². The Morgan fingerprint density at radius 2 is 2.18 bits per heavy atom. The van der Waals surface area contributed by atoms with Crippen LogP contribution in [0.4, 0.5) is 5.69 Å². The van der Waals surface area contributed by atoms with Gasteiger partial charge in [-0.1, -0.05) is 25.4 Å². The summed E-state index contributed by atoms with van der Waals surface area (Å²) in [5.41, 5.74) is -0.770. The van der Waals surface area contributed by atoms with E-state index in [0.29, 0.717) is 6.54 Å². The van der Waals surface area contributed by atoms with E-state index in [2.05, 4.69) is 4.98 Å². The minimum atomic E-state index is -0.628. The highest BCUT2D eigenvalue weighted by Crippen LogP contribution is 2.31. The average molecular weight is 324 g/mol. The van der Waals surface area contributed by atoms with Gasteiger partial charge in [-0.25, -0.2) is 4.98 Å². The predicted octanol–water partition coefficient (Wildman–Crippen LogP) is 3.25. The highest BCUT2D eigenvalue weighted by atomic mass is 35.5. The van der Waals surface area contributed by atoms with E-state index < -0.39 is 10.5 Å². The molecule has 0 saturated carbocycles. The quantitative estimate of drug-likeness (QED) is 0.622. The molecule has 7 nitrogen and oxygen atoms in total. The first kappa shape index (κ1) is 16.0. The molecule has 0 amide bonds. The van der Waals surface area contributed by atoms with Crippen LogP contribution in [0.5, 0.6) is 11.6 Å². The van der Waals surface area contributed by atoms with E-state index in [0.717, 1.165) is 6.07 Å². The first-order chi connectivity index (χ1) is 10.4. The molecule has 0 aliphatic heterocycles. The van der Waals surface area contributed by atoms with Crippen LogP contribution in [0.2, 0.25) is 5.02 Å². The van der Waals surface area contributed by atoms with Crippen molar-refractivity contribution in [1.29, 1.82) is 0 Å². The fourth-order valence-electron chi connectivity index (χ4n) is 1.86. The Labute approximate surface area is 131 Å². The van der Waals surface area contributed by atoms with Gasteiger partial charge in [-0.3, -0.25) is 14.9 Å². The number of halogens is 1. The van der Waals surface area contributed by atoms with Crippen molar-refractivity contribution in [3.8, 4) is 11.6 Å². The van der Waals surface area contributed by atoms with Crippen molar-refractivity contribution in [1.82, 2.24) is 9.55 Å². The van der Waals surface area contributed by atoms with Crippen molar-refractivity contribution < 1.29 is 9.66 Å². The molecule has 22 heavy (non-hydrogen) atoms. The molecule has 0 radical (unpaired) electrons. The van der Waals surface area contributed by atoms with Gasteiger partial charge in [-0.2, -0.15) is 0 Å². The molecule has 2 aromatic rings. The third-order valence-electron chi connectivity index (χ3n) is 2.77. The second kappa shape index (κ2) is 6.57. The van der Waals surface area contributed by atoms with Gasteiger partial charge in [-0.05, 0) is 18.1 Å². The van der Waals surface area contributed by atoms with Gasteiger partial charge >= 0.3 is 11.2 Å². The molecule has 0 unspecified atom stereocenters. The Morgan fingerprint density at radius 1 is 1.45 bits per heavy atom. The van der Waals surface area contributed by atoms with Crippen molar-refractivity contribution in [2.45, 2.75) is 20.4 Å². The molecule has 0 atom stereocenters. The molecule has 0 bridgehead atoms. The van der Waals surface area contributed by atoms with Gasteiger partial charge in [0.2, 0.25) is 5.75 Å². The lowest BCUT2D eigenvalue weighted by Gasteiger charge is -2.10. The zero-order chi connectivity index (χ0) is 16.3. The third-order valence-corrected chi connectivity index (χ3v) is 3.00. The average Bonchev–Trinajstić information content (AvgIpc) is 2.44. The van der Waals surface area contributed by atoms with E-state index in [1.807, 2.05) is 13.8 Å². The van der Waals surface area contributed by atoms with Crippen molar-refractivity contribution in [3.05, 3.63) is 56.1 Å². The molecule has 1 heterocycles. The van der Waals surface area contributed by atoms with Crippen molar-refractivity contribution >= 4 is 17.3 Å². The number of hydrogen-bond acceptors (Lipinski definition) is 5. The molecule has 0 aliphatic carbocycles. The van der Waals surface area contributed by atoms with Gasteiger partial charge in [-0.15, -0.1) is 0 Å². The number of benzene rings is 1. The number of rotatable bonds is 5. The monoisotopic (exact) mass is 323 g/mol. The van der Waals surface area contributed by atoms with E-state index in [-0.39, 0.29) is 28.3 Å². The molecular formula is C14H14ClN3O4. The second-order valence-electron chi connectivity index (χ2n) is 5.05. The topological polar surface area (TPSA) is 87.3 Å². The molecule has 1 aromatic heterocycles. The van der Waals surface area contributed by atoms with Crippen molar-refractivity contribution in [2.75, 3.05) is 0 Å². The van der Waals surface area contributed by atoms with Crippen LogP contribution in [0, 0.1) is 16.0 Å². The van der Waals surface area contributed by atoms with E-state index >= 15 is 0 Å². The number of nitro groups is 1. The summed E-state index contributed by atoms with van der Waals surface area (Å²) in [6.07, 6.45) is 2.96. The van der Waals surface area contributed by atoms with Crippen LogP contribution in [-0.2, 0) is 6.54 Å². The third kappa shape index (κ3) is 3.62. The number of nitrogens with zero attached hydrogens (tertiary/aromatic N) is 3. The fourth-order valence-corrected chi connectivity index (χ4v) is 2.02. The molecule has 116 valence electrons. The van der Waals surface area contributed by atoms with Gasteiger partial charge in [0.15, 0.2) is 0 Å².